The second-order valence-electron chi connectivity index (χ2n) is 6.21. The van der Waals surface area contributed by atoms with Gasteiger partial charge in [0, 0.05) is 0 Å². The molecule has 1 aromatic carbocycles. The molecule has 5 heteroatoms. The number of rotatable bonds is 5. The molecule has 1 unspecified atom stereocenters. The van der Waals surface area contributed by atoms with E-state index in [1.165, 1.54) is 0 Å². The van der Waals surface area contributed by atoms with Gasteiger partial charge in [-0.15, -0.1) is 0 Å². The Hall–Kier alpha value is -1.36. The largest absolute Gasteiger partial charge is 0.466 e. The van der Waals surface area contributed by atoms with Crippen LogP contribution in [0.4, 0.5) is 0 Å². The maximum Gasteiger partial charge on any atom is 0.309 e. The summed E-state index contributed by atoms with van der Waals surface area (Å²) in [5, 5.41) is 0. The lowest BCUT2D eigenvalue weighted by atomic mass is 9.87. The van der Waals surface area contributed by atoms with Crippen molar-refractivity contribution in [2.24, 2.45) is 5.92 Å². The molecule has 1 rings (SSSR count). The molecule has 0 bridgehead atoms. The Balaban J connectivity index is 2.91. The molecule has 0 heterocycles. The molecule has 0 amide bonds. The number of ether oxygens (including phenoxy) is 1. The average molecular weight is 312 g/mol. The number of hydrogen-bond donors (Lipinski definition) is 0. The minimum Gasteiger partial charge on any atom is -0.466 e. The first kappa shape index (κ1) is 17.7. The van der Waals surface area contributed by atoms with Crippen LogP contribution in [0.25, 0.3) is 0 Å². The Kier molecular flexibility index (Phi) is 5.56. The van der Waals surface area contributed by atoms with Gasteiger partial charge < -0.3 is 4.74 Å². The van der Waals surface area contributed by atoms with Crippen LogP contribution in [0, 0.1) is 5.92 Å². The Morgan fingerprint density at radius 3 is 2.14 bits per heavy atom. The summed E-state index contributed by atoms with van der Waals surface area (Å²) < 4.78 is 29.5. The molecule has 0 aliphatic heterocycles. The smallest absolute Gasteiger partial charge is 0.309 e. The maximum absolute atomic E-state index is 12.3. The molecule has 0 N–H and O–H groups in total. The Morgan fingerprint density at radius 2 is 1.71 bits per heavy atom. The number of benzene rings is 1. The van der Waals surface area contributed by atoms with Gasteiger partial charge in [0.15, 0.2) is 9.84 Å². The standard InChI is InChI=1S/C16H24O4S/c1-6-20-15(17)12(2)11-21(18,19)14-9-7-13(8-10-14)16(3,4)5/h7-10,12H,6,11H2,1-5H3. The molecule has 21 heavy (non-hydrogen) atoms. The summed E-state index contributed by atoms with van der Waals surface area (Å²) in [5.41, 5.74) is 1.04. The van der Waals surface area contributed by atoms with Crippen LogP contribution in [-0.4, -0.2) is 26.7 Å². The van der Waals surface area contributed by atoms with E-state index >= 15 is 0 Å². The highest BCUT2D eigenvalue weighted by Gasteiger charge is 2.24. The SMILES string of the molecule is CCOC(=O)C(C)CS(=O)(=O)c1ccc(C(C)(C)C)cc1. The summed E-state index contributed by atoms with van der Waals surface area (Å²) in [5.74, 6) is -1.38. The van der Waals surface area contributed by atoms with E-state index < -0.39 is 21.7 Å². The Morgan fingerprint density at radius 1 is 1.19 bits per heavy atom. The summed E-state index contributed by atoms with van der Waals surface area (Å²) in [6.07, 6.45) is 0. The quantitative estimate of drug-likeness (QED) is 0.784. The highest BCUT2D eigenvalue weighted by atomic mass is 32.2. The van der Waals surface area contributed by atoms with Crippen LogP contribution in [0.1, 0.15) is 40.2 Å². The molecule has 4 nitrogen and oxygen atoms in total. The van der Waals surface area contributed by atoms with E-state index in [1.807, 2.05) is 12.1 Å². The topological polar surface area (TPSA) is 60.4 Å². The molecular formula is C16H24O4S. The molecule has 0 spiro atoms. The summed E-state index contributed by atoms with van der Waals surface area (Å²) in [7, 11) is -3.49. The van der Waals surface area contributed by atoms with Gasteiger partial charge in [-0.2, -0.15) is 0 Å². The van der Waals surface area contributed by atoms with Gasteiger partial charge in [-0.05, 0) is 30.0 Å². The fourth-order valence-corrected chi connectivity index (χ4v) is 3.48. The second-order valence-corrected chi connectivity index (χ2v) is 8.24. The van der Waals surface area contributed by atoms with E-state index in [9.17, 15) is 13.2 Å². The zero-order valence-corrected chi connectivity index (χ0v) is 14.2. The van der Waals surface area contributed by atoms with Crippen LogP contribution in [0.2, 0.25) is 0 Å². The monoisotopic (exact) mass is 312 g/mol. The number of carbonyl (C=O) groups is 1. The third-order valence-corrected chi connectivity index (χ3v) is 5.17. The molecule has 0 aliphatic carbocycles. The van der Waals surface area contributed by atoms with E-state index in [1.54, 1.807) is 26.0 Å². The first-order valence-electron chi connectivity index (χ1n) is 7.08. The second kappa shape index (κ2) is 6.60. The summed E-state index contributed by atoms with van der Waals surface area (Å²) in [6, 6.07) is 6.85. The molecule has 1 aromatic rings. The normalized spacial score (nSPS) is 13.8. The van der Waals surface area contributed by atoms with Crippen molar-refractivity contribution in [1.29, 1.82) is 0 Å². The molecular weight excluding hydrogens is 288 g/mol. The summed E-state index contributed by atoms with van der Waals surface area (Å²) in [4.78, 5) is 11.8. The minimum absolute atomic E-state index is 0.0273. The molecule has 0 aromatic heterocycles. The van der Waals surface area contributed by atoms with Gasteiger partial charge in [-0.25, -0.2) is 8.42 Å². The van der Waals surface area contributed by atoms with Crippen LogP contribution in [0.15, 0.2) is 29.2 Å². The zero-order valence-electron chi connectivity index (χ0n) is 13.3. The van der Waals surface area contributed by atoms with Crippen molar-refractivity contribution in [3.8, 4) is 0 Å². The van der Waals surface area contributed by atoms with Crippen LogP contribution >= 0.6 is 0 Å². The minimum atomic E-state index is -3.49. The van der Waals surface area contributed by atoms with Gasteiger partial charge in [-0.1, -0.05) is 39.8 Å². The number of sulfone groups is 1. The van der Waals surface area contributed by atoms with Crippen molar-refractivity contribution in [3.05, 3.63) is 29.8 Å². The number of hydrogen-bond acceptors (Lipinski definition) is 4. The van der Waals surface area contributed by atoms with Crippen LogP contribution in [0.5, 0.6) is 0 Å². The van der Waals surface area contributed by atoms with E-state index in [-0.39, 0.29) is 22.7 Å². The summed E-state index contributed by atoms with van der Waals surface area (Å²) >= 11 is 0. The first-order valence-corrected chi connectivity index (χ1v) is 8.73. The fourth-order valence-electron chi connectivity index (χ4n) is 1.94. The van der Waals surface area contributed by atoms with Gasteiger partial charge in [0.1, 0.15) is 0 Å². The maximum atomic E-state index is 12.3. The first-order chi connectivity index (χ1) is 9.58. The van der Waals surface area contributed by atoms with Gasteiger partial charge in [-0.3, -0.25) is 4.79 Å². The van der Waals surface area contributed by atoms with Crippen LogP contribution in [-0.2, 0) is 24.8 Å². The van der Waals surface area contributed by atoms with E-state index in [4.69, 9.17) is 4.74 Å². The molecule has 0 saturated carbocycles. The lowest BCUT2D eigenvalue weighted by Gasteiger charge is -2.19. The van der Waals surface area contributed by atoms with Gasteiger partial charge >= 0.3 is 5.97 Å². The van der Waals surface area contributed by atoms with E-state index in [0.717, 1.165) is 5.56 Å². The van der Waals surface area contributed by atoms with Crippen molar-refractivity contribution < 1.29 is 17.9 Å². The predicted octanol–water partition coefficient (Wildman–Crippen LogP) is 2.96. The van der Waals surface area contributed by atoms with Gasteiger partial charge in [0.05, 0.1) is 23.2 Å². The predicted molar refractivity (Wildman–Crippen MR) is 83.0 cm³/mol. The lowest BCUT2D eigenvalue weighted by molar-refractivity contribution is -0.146. The Bertz CT molecular complexity index is 580. The summed E-state index contributed by atoms with van der Waals surface area (Å²) in [6.45, 7) is 9.73. The molecule has 118 valence electrons. The number of esters is 1. The fraction of sp³-hybridized carbons (Fsp3) is 0.562. The van der Waals surface area contributed by atoms with Crippen molar-refractivity contribution >= 4 is 15.8 Å². The van der Waals surface area contributed by atoms with Crippen molar-refractivity contribution in [2.45, 2.75) is 44.9 Å². The Labute approximate surface area is 127 Å². The molecule has 1 atom stereocenters. The molecule has 0 aliphatic rings. The van der Waals surface area contributed by atoms with Crippen LogP contribution in [0.3, 0.4) is 0 Å². The van der Waals surface area contributed by atoms with Gasteiger partial charge in [0.25, 0.3) is 0 Å². The van der Waals surface area contributed by atoms with Crippen molar-refractivity contribution in [1.82, 2.24) is 0 Å². The van der Waals surface area contributed by atoms with E-state index in [2.05, 4.69) is 20.8 Å². The highest BCUT2D eigenvalue weighted by molar-refractivity contribution is 7.91. The lowest BCUT2D eigenvalue weighted by Crippen LogP contribution is -2.23. The molecule has 0 saturated heterocycles. The third-order valence-electron chi connectivity index (χ3n) is 3.24. The molecule has 0 radical (unpaired) electrons. The van der Waals surface area contributed by atoms with Crippen molar-refractivity contribution in [3.63, 3.8) is 0 Å². The third kappa shape index (κ3) is 4.84. The van der Waals surface area contributed by atoms with Crippen LogP contribution < -0.4 is 0 Å². The van der Waals surface area contributed by atoms with Gasteiger partial charge in [0.2, 0.25) is 0 Å². The average Bonchev–Trinajstić information content (AvgIpc) is 2.37. The van der Waals surface area contributed by atoms with Crippen molar-refractivity contribution in [2.75, 3.05) is 12.4 Å². The number of carbonyl (C=O) groups excluding carboxylic acids is 1. The van der Waals surface area contributed by atoms with E-state index in [0.29, 0.717) is 0 Å². The zero-order chi connectivity index (χ0) is 16.3. The molecule has 0 fully saturated rings. The highest BCUT2D eigenvalue weighted by Crippen LogP contribution is 2.24.